The van der Waals surface area contributed by atoms with Crippen LogP contribution in [-0.2, 0) is 22.7 Å². The lowest BCUT2D eigenvalue weighted by molar-refractivity contribution is -0.118. The van der Waals surface area contributed by atoms with Crippen molar-refractivity contribution < 1.29 is 18.7 Å². The molecule has 0 unspecified atom stereocenters. The minimum Gasteiger partial charge on any atom is -0.467 e. The van der Waals surface area contributed by atoms with E-state index in [0.717, 1.165) is 11.3 Å². The number of ether oxygens (including phenoxy) is 1. The van der Waals surface area contributed by atoms with Gasteiger partial charge in [-0.15, -0.1) is 11.8 Å². The van der Waals surface area contributed by atoms with Crippen LogP contribution in [0.1, 0.15) is 21.7 Å². The summed E-state index contributed by atoms with van der Waals surface area (Å²) < 4.78 is 12.5. The molecule has 0 saturated carbocycles. The Hall–Kier alpha value is -3.78. The van der Waals surface area contributed by atoms with E-state index in [2.05, 4.69) is 10.4 Å². The summed E-state index contributed by atoms with van der Waals surface area (Å²) in [6, 6.07) is 20.2. The smallest absolute Gasteiger partial charge is 0.339 e. The van der Waals surface area contributed by atoms with Crippen LogP contribution in [0.5, 0.6) is 0 Å². The molecule has 2 heterocycles. The maximum absolute atomic E-state index is 12.7. The Bertz CT molecular complexity index is 1160. The molecule has 0 atom stereocenters. The second-order valence-electron chi connectivity index (χ2n) is 6.83. The van der Waals surface area contributed by atoms with E-state index in [1.165, 1.54) is 11.8 Å². The van der Waals surface area contributed by atoms with Crippen LogP contribution in [0.4, 0.5) is 0 Å². The van der Waals surface area contributed by atoms with Crippen molar-refractivity contribution in [2.24, 2.45) is 0 Å². The van der Waals surface area contributed by atoms with Gasteiger partial charge in [-0.1, -0.05) is 24.3 Å². The van der Waals surface area contributed by atoms with Crippen LogP contribution in [0.2, 0.25) is 0 Å². The third kappa shape index (κ3) is 5.67. The number of rotatable bonds is 9. The van der Waals surface area contributed by atoms with Gasteiger partial charge in [-0.25, -0.2) is 9.48 Å². The van der Waals surface area contributed by atoms with E-state index in [1.807, 2.05) is 42.6 Å². The Morgan fingerprint density at radius 3 is 2.62 bits per heavy atom. The van der Waals surface area contributed by atoms with Gasteiger partial charge in [-0.2, -0.15) is 5.10 Å². The number of carbonyl (C=O) groups excluding carboxylic acids is 2. The molecule has 4 rings (SSSR count). The monoisotopic (exact) mass is 447 g/mol. The third-order valence-electron chi connectivity index (χ3n) is 4.58. The fourth-order valence-electron chi connectivity index (χ4n) is 2.95. The molecule has 7 nitrogen and oxygen atoms in total. The van der Waals surface area contributed by atoms with Gasteiger partial charge in [0.05, 0.1) is 29.8 Å². The van der Waals surface area contributed by atoms with Crippen molar-refractivity contribution >= 4 is 23.6 Å². The van der Waals surface area contributed by atoms with Crippen LogP contribution in [0.3, 0.4) is 0 Å². The number of hydrogen-bond donors (Lipinski definition) is 1. The summed E-state index contributed by atoms with van der Waals surface area (Å²) in [5.74, 6) is 0.289. The lowest BCUT2D eigenvalue weighted by Gasteiger charge is -2.10. The van der Waals surface area contributed by atoms with E-state index >= 15 is 0 Å². The molecule has 162 valence electrons. The summed E-state index contributed by atoms with van der Waals surface area (Å²) >= 11 is 1.29. The van der Waals surface area contributed by atoms with Gasteiger partial charge in [0.25, 0.3) is 0 Å². The van der Waals surface area contributed by atoms with Crippen molar-refractivity contribution in [2.75, 3.05) is 5.75 Å². The number of aromatic nitrogens is 2. The Morgan fingerprint density at radius 1 is 1.03 bits per heavy atom. The number of carbonyl (C=O) groups is 2. The van der Waals surface area contributed by atoms with Crippen molar-refractivity contribution in [3.8, 4) is 5.69 Å². The molecule has 8 heteroatoms. The van der Waals surface area contributed by atoms with Crippen LogP contribution in [0.15, 0.2) is 94.7 Å². The Morgan fingerprint density at radius 2 is 1.88 bits per heavy atom. The molecule has 2 aromatic heterocycles. The van der Waals surface area contributed by atoms with Crippen LogP contribution in [-0.4, -0.2) is 27.4 Å². The molecule has 0 bridgehead atoms. The van der Waals surface area contributed by atoms with Gasteiger partial charge < -0.3 is 14.5 Å². The lowest BCUT2D eigenvalue weighted by atomic mass is 10.2. The Labute approximate surface area is 189 Å². The minimum atomic E-state index is -0.430. The van der Waals surface area contributed by atoms with Crippen molar-refractivity contribution in [3.05, 3.63) is 102 Å². The standard InChI is InChI=1S/C24H21N3O4S/c28-23(25-15-20-5-3-14-30-20)17-32-22-7-2-1-6-21(22)24(29)31-16-18-8-10-19(11-9-18)27-13-4-12-26-27/h1-14H,15-17H2,(H,25,28). The van der Waals surface area contributed by atoms with Crippen LogP contribution in [0, 0.1) is 0 Å². The van der Waals surface area contributed by atoms with Crippen molar-refractivity contribution in [3.63, 3.8) is 0 Å². The summed E-state index contributed by atoms with van der Waals surface area (Å²) in [6.07, 6.45) is 5.14. The number of benzene rings is 2. The molecule has 32 heavy (non-hydrogen) atoms. The highest BCUT2D eigenvalue weighted by atomic mass is 32.2. The average Bonchev–Trinajstić information content (AvgIpc) is 3.55. The molecule has 0 saturated heterocycles. The van der Waals surface area contributed by atoms with E-state index in [9.17, 15) is 9.59 Å². The predicted molar refractivity (Wildman–Crippen MR) is 120 cm³/mol. The molecule has 1 N–H and O–H groups in total. The van der Waals surface area contributed by atoms with E-state index < -0.39 is 5.97 Å². The zero-order chi connectivity index (χ0) is 22.2. The van der Waals surface area contributed by atoms with Crippen LogP contribution >= 0.6 is 11.8 Å². The van der Waals surface area contributed by atoms with Gasteiger partial charge in [-0.05, 0) is 48.0 Å². The van der Waals surface area contributed by atoms with Crippen LogP contribution < -0.4 is 5.32 Å². The first-order valence-corrected chi connectivity index (χ1v) is 10.9. The molecule has 0 aliphatic carbocycles. The summed E-state index contributed by atoms with van der Waals surface area (Å²) in [5.41, 5.74) is 2.23. The fourth-order valence-corrected chi connectivity index (χ4v) is 3.82. The Balaban J connectivity index is 1.30. The molecule has 0 fully saturated rings. The summed E-state index contributed by atoms with van der Waals surface area (Å²) in [6.45, 7) is 0.482. The molecular weight excluding hydrogens is 426 g/mol. The lowest BCUT2D eigenvalue weighted by Crippen LogP contribution is -2.24. The zero-order valence-electron chi connectivity index (χ0n) is 17.1. The quantitative estimate of drug-likeness (QED) is 0.305. The molecule has 1 amide bonds. The number of esters is 1. The minimum absolute atomic E-state index is 0.146. The second-order valence-corrected chi connectivity index (χ2v) is 7.85. The number of furan rings is 1. The summed E-state index contributed by atoms with van der Waals surface area (Å²) in [7, 11) is 0. The first-order valence-electron chi connectivity index (χ1n) is 9.96. The number of amides is 1. The second kappa shape index (κ2) is 10.5. The molecule has 0 aliphatic heterocycles. The van der Waals surface area contributed by atoms with E-state index in [4.69, 9.17) is 9.15 Å². The van der Waals surface area contributed by atoms with E-state index in [1.54, 1.807) is 47.5 Å². The first-order chi connectivity index (χ1) is 15.7. The maximum Gasteiger partial charge on any atom is 0.339 e. The molecule has 0 radical (unpaired) electrons. The van der Waals surface area contributed by atoms with Gasteiger partial charge in [-0.3, -0.25) is 4.79 Å². The highest BCUT2D eigenvalue weighted by Crippen LogP contribution is 2.23. The predicted octanol–water partition coefficient (Wildman–Crippen LogP) is 4.23. The maximum atomic E-state index is 12.7. The Kier molecular flexibility index (Phi) is 7.04. The molecule has 0 spiro atoms. The third-order valence-corrected chi connectivity index (χ3v) is 5.65. The summed E-state index contributed by atoms with van der Waals surface area (Å²) in [5, 5.41) is 6.98. The first kappa shape index (κ1) is 21.5. The average molecular weight is 448 g/mol. The van der Waals surface area contributed by atoms with Crippen LogP contribution in [0.25, 0.3) is 5.69 Å². The SMILES string of the molecule is O=C(CSc1ccccc1C(=O)OCc1ccc(-n2cccn2)cc1)NCc1ccco1. The number of nitrogens with one attached hydrogen (secondary N) is 1. The van der Waals surface area contributed by atoms with Gasteiger partial charge in [0.15, 0.2) is 0 Å². The normalized spacial score (nSPS) is 10.6. The molecule has 0 aliphatic rings. The highest BCUT2D eigenvalue weighted by Gasteiger charge is 2.14. The van der Waals surface area contributed by atoms with Gasteiger partial charge in [0.1, 0.15) is 12.4 Å². The zero-order valence-corrected chi connectivity index (χ0v) is 18.0. The van der Waals surface area contributed by atoms with E-state index in [0.29, 0.717) is 22.8 Å². The fraction of sp³-hybridized carbons (Fsp3) is 0.125. The van der Waals surface area contributed by atoms with Gasteiger partial charge in [0.2, 0.25) is 5.91 Å². The topological polar surface area (TPSA) is 86.4 Å². The van der Waals surface area contributed by atoms with Crippen molar-refractivity contribution in [1.82, 2.24) is 15.1 Å². The van der Waals surface area contributed by atoms with Gasteiger partial charge >= 0.3 is 5.97 Å². The van der Waals surface area contributed by atoms with Gasteiger partial charge in [0, 0.05) is 17.3 Å². The van der Waals surface area contributed by atoms with Crippen molar-refractivity contribution in [2.45, 2.75) is 18.0 Å². The number of thioether (sulfide) groups is 1. The summed E-state index contributed by atoms with van der Waals surface area (Å²) in [4.78, 5) is 25.5. The van der Waals surface area contributed by atoms with Crippen molar-refractivity contribution in [1.29, 1.82) is 0 Å². The number of nitrogens with zero attached hydrogens (tertiary/aromatic N) is 2. The largest absolute Gasteiger partial charge is 0.467 e. The van der Waals surface area contributed by atoms with E-state index in [-0.39, 0.29) is 18.3 Å². The number of hydrogen-bond acceptors (Lipinski definition) is 6. The molecular formula is C24H21N3O4S. The molecule has 4 aromatic rings. The highest BCUT2D eigenvalue weighted by molar-refractivity contribution is 8.00. The molecule has 2 aromatic carbocycles.